The van der Waals surface area contributed by atoms with Crippen molar-refractivity contribution in [2.75, 3.05) is 6.61 Å². The average molecular weight is 270 g/mol. The first-order valence-corrected chi connectivity index (χ1v) is 6.08. The Labute approximate surface area is 98.9 Å². The molecule has 0 saturated heterocycles. The van der Waals surface area contributed by atoms with Crippen molar-refractivity contribution in [2.45, 2.75) is 32.2 Å². The molecule has 0 saturated carbocycles. The highest BCUT2D eigenvalue weighted by molar-refractivity contribution is 9.10. The van der Waals surface area contributed by atoms with Crippen molar-refractivity contribution in [2.24, 2.45) is 5.73 Å². The van der Waals surface area contributed by atoms with Crippen molar-refractivity contribution in [1.29, 1.82) is 0 Å². The fraction of sp³-hybridized carbons (Fsp3) is 0.500. The quantitative estimate of drug-likeness (QED) is 0.851. The largest absolute Gasteiger partial charge is 0.492 e. The Hall–Kier alpha value is -0.540. The Kier molecular flexibility index (Phi) is 2.77. The van der Waals surface area contributed by atoms with Gasteiger partial charge < -0.3 is 10.5 Å². The highest BCUT2D eigenvalue weighted by Crippen LogP contribution is 2.40. The van der Waals surface area contributed by atoms with Crippen molar-refractivity contribution >= 4 is 15.9 Å². The summed E-state index contributed by atoms with van der Waals surface area (Å²) in [5.41, 5.74) is 8.44. The highest BCUT2D eigenvalue weighted by atomic mass is 79.9. The minimum Gasteiger partial charge on any atom is -0.492 e. The molecule has 82 valence electrons. The van der Waals surface area contributed by atoms with Gasteiger partial charge in [0.25, 0.3) is 0 Å². The molecule has 2 rings (SSSR count). The van der Waals surface area contributed by atoms with Gasteiger partial charge in [-0.1, -0.05) is 13.0 Å². The summed E-state index contributed by atoms with van der Waals surface area (Å²) in [5.74, 6) is 0.920. The SMILES string of the molecule is CCc1cc(Br)c2c(c1)C(C)(N)CCO2. The summed E-state index contributed by atoms with van der Waals surface area (Å²) in [6, 6.07) is 4.28. The first kappa shape index (κ1) is 11.0. The number of ether oxygens (including phenoxy) is 1. The van der Waals surface area contributed by atoms with E-state index in [9.17, 15) is 0 Å². The molecule has 1 aromatic rings. The van der Waals surface area contributed by atoms with Gasteiger partial charge in [-0.2, -0.15) is 0 Å². The van der Waals surface area contributed by atoms with Gasteiger partial charge in [0.2, 0.25) is 0 Å². The second-order valence-electron chi connectivity index (χ2n) is 4.32. The summed E-state index contributed by atoms with van der Waals surface area (Å²) in [4.78, 5) is 0. The van der Waals surface area contributed by atoms with E-state index in [1.165, 1.54) is 5.56 Å². The third-order valence-electron chi connectivity index (χ3n) is 2.99. The van der Waals surface area contributed by atoms with Gasteiger partial charge in [0.05, 0.1) is 11.1 Å². The molecule has 1 aliphatic heterocycles. The van der Waals surface area contributed by atoms with Crippen LogP contribution in [0.5, 0.6) is 5.75 Å². The van der Waals surface area contributed by atoms with E-state index in [2.05, 4.69) is 41.9 Å². The van der Waals surface area contributed by atoms with E-state index in [4.69, 9.17) is 10.5 Å². The number of rotatable bonds is 1. The lowest BCUT2D eigenvalue weighted by atomic mass is 9.86. The molecule has 0 amide bonds. The maximum absolute atomic E-state index is 6.28. The van der Waals surface area contributed by atoms with Gasteiger partial charge in [-0.25, -0.2) is 0 Å². The van der Waals surface area contributed by atoms with Crippen molar-refractivity contribution in [1.82, 2.24) is 0 Å². The molecule has 0 aromatic heterocycles. The minimum absolute atomic E-state index is 0.263. The fourth-order valence-corrected chi connectivity index (χ4v) is 2.55. The van der Waals surface area contributed by atoms with Crippen molar-refractivity contribution in [3.05, 3.63) is 27.7 Å². The topological polar surface area (TPSA) is 35.2 Å². The Morgan fingerprint density at radius 2 is 2.27 bits per heavy atom. The summed E-state index contributed by atoms with van der Waals surface area (Å²) in [6.45, 7) is 4.91. The van der Waals surface area contributed by atoms with E-state index < -0.39 is 0 Å². The lowest BCUT2D eigenvalue weighted by Crippen LogP contribution is -2.38. The molecule has 0 radical (unpaired) electrons. The Balaban J connectivity index is 2.59. The number of benzene rings is 1. The Morgan fingerprint density at radius 3 is 2.93 bits per heavy atom. The lowest BCUT2D eigenvalue weighted by Gasteiger charge is -2.33. The molecule has 2 nitrogen and oxygen atoms in total. The minimum atomic E-state index is -0.263. The van der Waals surface area contributed by atoms with E-state index >= 15 is 0 Å². The van der Waals surface area contributed by atoms with E-state index in [-0.39, 0.29) is 5.54 Å². The van der Waals surface area contributed by atoms with Crippen LogP contribution in [-0.4, -0.2) is 6.61 Å². The molecule has 1 unspecified atom stereocenters. The zero-order valence-electron chi connectivity index (χ0n) is 9.14. The normalized spacial score (nSPS) is 24.5. The van der Waals surface area contributed by atoms with Crippen LogP contribution in [0.15, 0.2) is 16.6 Å². The zero-order chi connectivity index (χ0) is 11.1. The molecule has 1 aromatic carbocycles. The second-order valence-corrected chi connectivity index (χ2v) is 5.18. The second kappa shape index (κ2) is 3.80. The zero-order valence-corrected chi connectivity index (χ0v) is 10.7. The van der Waals surface area contributed by atoms with Crippen LogP contribution >= 0.6 is 15.9 Å². The summed E-state index contributed by atoms with van der Waals surface area (Å²) in [5, 5.41) is 0. The van der Waals surface area contributed by atoms with Crippen LogP contribution in [0.1, 0.15) is 31.4 Å². The van der Waals surface area contributed by atoms with Crippen LogP contribution in [0, 0.1) is 0 Å². The highest BCUT2D eigenvalue weighted by Gasteiger charge is 2.30. The van der Waals surface area contributed by atoms with Crippen LogP contribution in [0.4, 0.5) is 0 Å². The van der Waals surface area contributed by atoms with Crippen molar-refractivity contribution < 1.29 is 4.74 Å². The molecular weight excluding hydrogens is 254 g/mol. The van der Waals surface area contributed by atoms with E-state index in [1.54, 1.807) is 0 Å². The standard InChI is InChI=1S/C12H16BrNO/c1-3-8-6-9-11(10(13)7-8)15-5-4-12(9,2)14/h6-7H,3-5,14H2,1-2H3. The van der Waals surface area contributed by atoms with E-state index in [0.29, 0.717) is 6.61 Å². The first-order valence-electron chi connectivity index (χ1n) is 5.29. The Bertz CT molecular complexity index is 387. The van der Waals surface area contributed by atoms with Gasteiger partial charge in [0, 0.05) is 17.5 Å². The molecule has 0 bridgehead atoms. The van der Waals surface area contributed by atoms with Gasteiger partial charge in [-0.3, -0.25) is 0 Å². The number of aryl methyl sites for hydroxylation is 1. The van der Waals surface area contributed by atoms with Gasteiger partial charge >= 0.3 is 0 Å². The van der Waals surface area contributed by atoms with Crippen LogP contribution in [0.25, 0.3) is 0 Å². The van der Waals surface area contributed by atoms with Gasteiger partial charge in [-0.15, -0.1) is 0 Å². The van der Waals surface area contributed by atoms with Crippen molar-refractivity contribution in [3.63, 3.8) is 0 Å². The lowest BCUT2D eigenvalue weighted by molar-refractivity contribution is 0.226. The van der Waals surface area contributed by atoms with Crippen LogP contribution in [0.3, 0.4) is 0 Å². The third kappa shape index (κ3) is 1.91. The maximum atomic E-state index is 6.28. The van der Waals surface area contributed by atoms with Crippen LogP contribution < -0.4 is 10.5 Å². The molecule has 1 heterocycles. The average Bonchev–Trinajstić information content (AvgIpc) is 2.18. The van der Waals surface area contributed by atoms with Crippen LogP contribution in [0.2, 0.25) is 0 Å². The number of hydrogen-bond donors (Lipinski definition) is 1. The summed E-state index contributed by atoms with van der Waals surface area (Å²) < 4.78 is 6.68. The van der Waals surface area contributed by atoms with E-state index in [0.717, 1.165) is 28.6 Å². The Morgan fingerprint density at radius 1 is 1.53 bits per heavy atom. The number of fused-ring (bicyclic) bond motifs is 1. The third-order valence-corrected chi connectivity index (χ3v) is 3.58. The van der Waals surface area contributed by atoms with Crippen molar-refractivity contribution in [3.8, 4) is 5.75 Å². The predicted molar refractivity (Wildman–Crippen MR) is 65.2 cm³/mol. The molecule has 0 spiro atoms. The van der Waals surface area contributed by atoms with E-state index in [1.807, 2.05) is 0 Å². The molecule has 1 aliphatic rings. The predicted octanol–water partition coefficient (Wildman–Crippen LogP) is 2.97. The monoisotopic (exact) mass is 269 g/mol. The number of halogens is 1. The van der Waals surface area contributed by atoms with Gasteiger partial charge in [-0.05, 0) is 40.9 Å². The summed E-state index contributed by atoms with van der Waals surface area (Å²) >= 11 is 3.54. The first-order chi connectivity index (χ1) is 7.04. The smallest absolute Gasteiger partial charge is 0.138 e. The summed E-state index contributed by atoms with van der Waals surface area (Å²) in [7, 11) is 0. The molecule has 1 atom stereocenters. The molecule has 0 aliphatic carbocycles. The molecule has 15 heavy (non-hydrogen) atoms. The number of nitrogens with two attached hydrogens (primary N) is 1. The van der Waals surface area contributed by atoms with Gasteiger partial charge in [0.15, 0.2) is 0 Å². The molecule has 0 fully saturated rings. The van der Waals surface area contributed by atoms with Gasteiger partial charge in [0.1, 0.15) is 5.75 Å². The fourth-order valence-electron chi connectivity index (χ4n) is 1.92. The molecule has 2 N–H and O–H groups in total. The summed E-state index contributed by atoms with van der Waals surface area (Å²) in [6.07, 6.45) is 1.89. The molecule has 3 heteroatoms. The van der Waals surface area contributed by atoms with Crippen LogP contribution in [-0.2, 0) is 12.0 Å². The number of hydrogen-bond acceptors (Lipinski definition) is 2. The molecular formula is C12H16BrNO. The maximum Gasteiger partial charge on any atom is 0.138 e.